The van der Waals surface area contributed by atoms with Crippen molar-refractivity contribution < 1.29 is 4.74 Å². The summed E-state index contributed by atoms with van der Waals surface area (Å²) in [6, 6.07) is 14.5. The molecule has 2 N–H and O–H groups in total. The van der Waals surface area contributed by atoms with Crippen LogP contribution in [0, 0.1) is 0 Å². The van der Waals surface area contributed by atoms with E-state index in [9.17, 15) is 0 Å². The number of nitrogens with one attached hydrogen (secondary N) is 2. The number of anilines is 1. The summed E-state index contributed by atoms with van der Waals surface area (Å²) in [4.78, 5) is 14.0. The number of guanidine groups is 1. The summed E-state index contributed by atoms with van der Waals surface area (Å²) in [5, 5.41) is 6.74. The van der Waals surface area contributed by atoms with E-state index in [1.165, 1.54) is 11.1 Å². The molecule has 0 saturated carbocycles. The molecule has 0 amide bonds. The third-order valence-electron chi connectivity index (χ3n) is 5.65. The smallest absolute Gasteiger partial charge is 0.191 e. The molecule has 182 valence electrons. The molecule has 1 unspecified atom stereocenters. The largest absolute Gasteiger partial charge is 0.374 e. The van der Waals surface area contributed by atoms with E-state index in [0.717, 1.165) is 57.5 Å². The van der Waals surface area contributed by atoms with Crippen molar-refractivity contribution in [1.82, 2.24) is 20.5 Å². The van der Waals surface area contributed by atoms with Gasteiger partial charge in [0.2, 0.25) is 0 Å². The molecule has 33 heavy (non-hydrogen) atoms. The summed E-state index contributed by atoms with van der Waals surface area (Å²) in [5.41, 5.74) is 2.38. The summed E-state index contributed by atoms with van der Waals surface area (Å²) in [6.45, 7) is 11.3. The van der Waals surface area contributed by atoms with Gasteiger partial charge in [0.1, 0.15) is 5.82 Å². The summed E-state index contributed by atoms with van der Waals surface area (Å²) < 4.78 is 5.96. The van der Waals surface area contributed by atoms with Crippen molar-refractivity contribution in [1.29, 1.82) is 0 Å². The molecular formula is C25H39IN6O. The van der Waals surface area contributed by atoms with Crippen LogP contribution >= 0.6 is 24.0 Å². The maximum atomic E-state index is 5.96. The van der Waals surface area contributed by atoms with Gasteiger partial charge in [-0.2, -0.15) is 0 Å². The van der Waals surface area contributed by atoms with Crippen LogP contribution in [0.1, 0.15) is 37.5 Å². The molecule has 0 bridgehead atoms. The lowest BCUT2D eigenvalue weighted by Gasteiger charge is -2.33. The molecule has 8 heteroatoms. The van der Waals surface area contributed by atoms with Gasteiger partial charge in [0, 0.05) is 52.1 Å². The standard InChI is InChI=1S/C25H38N6O.HI/c1-4-26-25(28-12-8-18-32-21(2)23-9-6-5-7-10-23)29-20-22-11-13-27-24(19-22)31-16-14-30(3)15-17-31;/h5-7,9-11,13,19,21H,4,8,12,14-18,20H2,1-3H3,(H2,26,28,29);1H. The Labute approximate surface area is 216 Å². The number of nitrogens with zero attached hydrogens (tertiary/aromatic N) is 4. The summed E-state index contributed by atoms with van der Waals surface area (Å²) >= 11 is 0. The van der Waals surface area contributed by atoms with Crippen LogP contribution in [0.4, 0.5) is 5.82 Å². The molecule has 1 atom stereocenters. The molecular weight excluding hydrogens is 527 g/mol. The van der Waals surface area contributed by atoms with Crippen LogP contribution in [-0.2, 0) is 11.3 Å². The van der Waals surface area contributed by atoms with Crippen molar-refractivity contribution in [3.63, 3.8) is 0 Å². The van der Waals surface area contributed by atoms with E-state index in [0.29, 0.717) is 13.2 Å². The first-order valence-corrected chi connectivity index (χ1v) is 11.7. The lowest BCUT2D eigenvalue weighted by atomic mass is 10.1. The fraction of sp³-hybridized carbons (Fsp3) is 0.520. The number of piperazine rings is 1. The Morgan fingerprint density at radius 2 is 1.88 bits per heavy atom. The molecule has 3 rings (SSSR count). The zero-order valence-corrected chi connectivity index (χ0v) is 22.5. The molecule has 1 saturated heterocycles. The number of pyridine rings is 1. The normalized spacial score (nSPS) is 15.6. The van der Waals surface area contributed by atoms with Crippen LogP contribution in [0.5, 0.6) is 0 Å². The molecule has 7 nitrogen and oxygen atoms in total. The number of hydrogen-bond acceptors (Lipinski definition) is 5. The number of likely N-dealkylation sites (N-methyl/N-ethyl adjacent to an activating group) is 1. The second-order valence-electron chi connectivity index (χ2n) is 8.21. The molecule has 1 aliphatic rings. The Kier molecular flexibility index (Phi) is 12.5. The fourth-order valence-electron chi connectivity index (χ4n) is 3.64. The van der Waals surface area contributed by atoms with Crippen molar-refractivity contribution in [3.05, 3.63) is 59.8 Å². The lowest BCUT2D eigenvalue weighted by molar-refractivity contribution is 0.0646. The lowest BCUT2D eigenvalue weighted by Crippen LogP contribution is -2.44. The molecule has 1 aliphatic heterocycles. The van der Waals surface area contributed by atoms with Crippen molar-refractivity contribution in [3.8, 4) is 0 Å². The maximum absolute atomic E-state index is 5.96. The third-order valence-corrected chi connectivity index (χ3v) is 5.65. The topological polar surface area (TPSA) is 65.0 Å². The predicted molar refractivity (Wildman–Crippen MR) is 148 cm³/mol. The first kappa shape index (κ1) is 27.3. The van der Waals surface area contributed by atoms with Crippen LogP contribution in [0.3, 0.4) is 0 Å². The molecule has 2 heterocycles. The van der Waals surface area contributed by atoms with Crippen molar-refractivity contribution in [2.24, 2.45) is 4.99 Å². The molecule has 0 spiro atoms. The van der Waals surface area contributed by atoms with Gasteiger partial charge in [0.05, 0.1) is 12.6 Å². The average Bonchev–Trinajstić information content (AvgIpc) is 2.83. The minimum atomic E-state index is 0. The number of benzene rings is 1. The second-order valence-corrected chi connectivity index (χ2v) is 8.21. The average molecular weight is 567 g/mol. The zero-order valence-electron chi connectivity index (χ0n) is 20.2. The first-order chi connectivity index (χ1) is 15.7. The van der Waals surface area contributed by atoms with E-state index in [2.05, 4.69) is 64.5 Å². The fourth-order valence-corrected chi connectivity index (χ4v) is 3.64. The summed E-state index contributed by atoms with van der Waals surface area (Å²) in [6.07, 6.45) is 2.92. The highest BCUT2D eigenvalue weighted by Crippen LogP contribution is 2.16. The molecule has 0 radical (unpaired) electrons. The van der Waals surface area contributed by atoms with Crippen molar-refractivity contribution in [2.45, 2.75) is 32.9 Å². The van der Waals surface area contributed by atoms with Crippen molar-refractivity contribution in [2.75, 3.05) is 57.8 Å². The highest BCUT2D eigenvalue weighted by molar-refractivity contribution is 14.0. The van der Waals surface area contributed by atoms with Crippen LogP contribution in [0.25, 0.3) is 0 Å². The highest BCUT2D eigenvalue weighted by Gasteiger charge is 2.15. The maximum Gasteiger partial charge on any atom is 0.191 e. The van der Waals surface area contributed by atoms with E-state index in [1.807, 2.05) is 30.5 Å². The number of aromatic nitrogens is 1. The van der Waals surface area contributed by atoms with Crippen LogP contribution in [-0.4, -0.2) is 68.8 Å². The molecule has 1 aromatic carbocycles. The van der Waals surface area contributed by atoms with Gasteiger partial charge in [0.15, 0.2) is 5.96 Å². The van der Waals surface area contributed by atoms with E-state index in [4.69, 9.17) is 9.73 Å². The number of rotatable bonds is 10. The minimum Gasteiger partial charge on any atom is -0.374 e. The van der Waals surface area contributed by atoms with Gasteiger partial charge in [-0.3, -0.25) is 0 Å². The van der Waals surface area contributed by atoms with E-state index in [-0.39, 0.29) is 30.1 Å². The molecule has 1 aromatic heterocycles. The summed E-state index contributed by atoms with van der Waals surface area (Å²) in [5.74, 6) is 1.88. The van der Waals surface area contributed by atoms with E-state index >= 15 is 0 Å². The Balaban J connectivity index is 0.00000385. The van der Waals surface area contributed by atoms with Crippen LogP contribution < -0.4 is 15.5 Å². The number of ether oxygens (including phenoxy) is 1. The Morgan fingerprint density at radius 3 is 2.61 bits per heavy atom. The van der Waals surface area contributed by atoms with Gasteiger partial charge in [-0.15, -0.1) is 24.0 Å². The van der Waals surface area contributed by atoms with Gasteiger partial charge in [-0.1, -0.05) is 30.3 Å². The van der Waals surface area contributed by atoms with Crippen molar-refractivity contribution >= 4 is 35.8 Å². The zero-order chi connectivity index (χ0) is 22.6. The SMILES string of the molecule is CCNC(=NCc1ccnc(N2CCN(C)CC2)c1)NCCCOC(C)c1ccccc1.I. The van der Waals surface area contributed by atoms with Gasteiger partial charge >= 0.3 is 0 Å². The minimum absolute atomic E-state index is 0. The first-order valence-electron chi connectivity index (χ1n) is 11.7. The van der Waals surface area contributed by atoms with E-state index < -0.39 is 0 Å². The predicted octanol–water partition coefficient (Wildman–Crippen LogP) is 3.67. The molecule has 0 aliphatic carbocycles. The Bertz CT molecular complexity index is 827. The number of hydrogen-bond donors (Lipinski definition) is 2. The van der Waals surface area contributed by atoms with Gasteiger partial charge in [-0.05, 0) is 50.6 Å². The van der Waals surface area contributed by atoms with Crippen LogP contribution in [0.2, 0.25) is 0 Å². The number of aliphatic imine (C=N–C) groups is 1. The highest BCUT2D eigenvalue weighted by atomic mass is 127. The third kappa shape index (κ3) is 9.46. The second kappa shape index (κ2) is 15.1. The summed E-state index contributed by atoms with van der Waals surface area (Å²) in [7, 11) is 2.17. The molecule has 1 fully saturated rings. The molecule has 2 aromatic rings. The van der Waals surface area contributed by atoms with Gasteiger partial charge in [0.25, 0.3) is 0 Å². The monoisotopic (exact) mass is 566 g/mol. The van der Waals surface area contributed by atoms with Gasteiger partial charge < -0.3 is 25.2 Å². The van der Waals surface area contributed by atoms with Crippen LogP contribution in [0.15, 0.2) is 53.7 Å². The quantitative estimate of drug-likeness (QED) is 0.198. The van der Waals surface area contributed by atoms with E-state index in [1.54, 1.807) is 0 Å². The number of halogens is 1. The Morgan fingerprint density at radius 1 is 1.12 bits per heavy atom. The van der Waals surface area contributed by atoms with Gasteiger partial charge in [-0.25, -0.2) is 9.98 Å². The Hall–Kier alpha value is -1.91.